The number of benzene rings is 1. The maximum Gasteiger partial charge on any atom is 0.325 e. The number of hydrogen-bond donors (Lipinski definition) is 1. The number of likely N-dealkylation sites (tertiary alicyclic amines) is 1. The van der Waals surface area contributed by atoms with Crippen LogP contribution in [0.5, 0.6) is 0 Å². The quantitative estimate of drug-likeness (QED) is 0.782. The first-order valence-corrected chi connectivity index (χ1v) is 10.6. The number of nitrogens with zero attached hydrogens (tertiary/aromatic N) is 3. The second-order valence-corrected chi connectivity index (χ2v) is 8.44. The molecule has 2 saturated heterocycles. The van der Waals surface area contributed by atoms with E-state index in [0.717, 1.165) is 33.0 Å². The monoisotopic (exact) mass is 400 g/mol. The highest BCUT2D eigenvalue weighted by atomic mass is 32.1. The molecule has 8 heteroatoms. The van der Waals surface area contributed by atoms with Gasteiger partial charge >= 0.3 is 6.03 Å². The van der Waals surface area contributed by atoms with Crippen LogP contribution in [0.3, 0.4) is 0 Å². The minimum atomic E-state index is -0.880. The van der Waals surface area contributed by atoms with E-state index in [1.807, 2.05) is 38.1 Å². The van der Waals surface area contributed by atoms with Crippen LogP contribution in [0.2, 0.25) is 0 Å². The lowest BCUT2D eigenvalue weighted by Crippen LogP contribution is -2.47. The van der Waals surface area contributed by atoms with E-state index in [4.69, 9.17) is 4.98 Å². The van der Waals surface area contributed by atoms with Crippen LogP contribution in [0.4, 0.5) is 4.79 Å². The first-order valence-electron chi connectivity index (χ1n) is 9.78. The fourth-order valence-corrected chi connectivity index (χ4v) is 5.24. The van der Waals surface area contributed by atoms with Gasteiger partial charge in [0.2, 0.25) is 5.91 Å². The number of nitrogens with one attached hydrogen (secondary N) is 1. The Kier molecular flexibility index (Phi) is 4.82. The largest absolute Gasteiger partial charge is 0.332 e. The Labute approximate surface area is 167 Å². The summed E-state index contributed by atoms with van der Waals surface area (Å²) in [6.45, 7) is 4.15. The molecule has 0 aliphatic carbocycles. The second-order valence-electron chi connectivity index (χ2n) is 7.38. The molecule has 3 heterocycles. The summed E-state index contributed by atoms with van der Waals surface area (Å²) in [6.07, 6.45) is 2.76. The Balaban J connectivity index is 1.53. The van der Waals surface area contributed by atoms with Crippen molar-refractivity contribution < 1.29 is 14.4 Å². The van der Waals surface area contributed by atoms with Crippen LogP contribution in [0.1, 0.15) is 50.6 Å². The molecule has 1 N–H and O–H groups in total. The number of thiazole rings is 1. The zero-order chi connectivity index (χ0) is 19.9. The Bertz CT molecular complexity index is 903. The molecule has 1 atom stereocenters. The van der Waals surface area contributed by atoms with E-state index in [2.05, 4.69) is 5.32 Å². The summed E-state index contributed by atoms with van der Waals surface area (Å²) < 4.78 is 1.10. The number of fused-ring (bicyclic) bond motifs is 1. The van der Waals surface area contributed by atoms with Crippen molar-refractivity contribution in [1.82, 2.24) is 20.1 Å². The summed E-state index contributed by atoms with van der Waals surface area (Å²) >= 11 is 1.60. The number of amides is 4. The van der Waals surface area contributed by atoms with Gasteiger partial charge in [-0.1, -0.05) is 26.0 Å². The zero-order valence-corrected chi connectivity index (χ0v) is 16.9. The third-order valence-corrected chi connectivity index (χ3v) is 7.05. The molecule has 1 unspecified atom stereocenters. The van der Waals surface area contributed by atoms with Gasteiger partial charge in [-0.25, -0.2) is 9.78 Å². The maximum absolute atomic E-state index is 13.0. The number of carbonyl (C=O) groups is 3. The summed E-state index contributed by atoms with van der Waals surface area (Å²) in [7, 11) is 0. The summed E-state index contributed by atoms with van der Waals surface area (Å²) in [5.41, 5.74) is 0.0565. The minimum Gasteiger partial charge on any atom is -0.332 e. The molecule has 148 valence electrons. The smallest absolute Gasteiger partial charge is 0.325 e. The summed E-state index contributed by atoms with van der Waals surface area (Å²) in [6, 6.07) is 7.37. The van der Waals surface area contributed by atoms with Crippen molar-refractivity contribution in [3.05, 3.63) is 29.3 Å². The molecule has 0 spiro atoms. The summed E-state index contributed by atoms with van der Waals surface area (Å²) in [5, 5.41) is 3.70. The van der Waals surface area contributed by atoms with E-state index in [9.17, 15) is 14.4 Å². The summed E-state index contributed by atoms with van der Waals surface area (Å²) in [4.78, 5) is 45.7. The van der Waals surface area contributed by atoms with E-state index in [1.165, 1.54) is 0 Å². The van der Waals surface area contributed by atoms with Gasteiger partial charge < -0.3 is 10.2 Å². The van der Waals surface area contributed by atoms with Crippen molar-refractivity contribution >= 4 is 39.4 Å². The summed E-state index contributed by atoms with van der Waals surface area (Å²) in [5.74, 6) is -0.500. The number of carbonyl (C=O) groups excluding carboxylic acids is 3. The lowest BCUT2D eigenvalue weighted by Gasteiger charge is -2.26. The van der Waals surface area contributed by atoms with Crippen LogP contribution < -0.4 is 5.32 Å². The van der Waals surface area contributed by atoms with Crippen molar-refractivity contribution in [3.8, 4) is 0 Å². The van der Waals surface area contributed by atoms with Gasteiger partial charge in [0.25, 0.3) is 5.91 Å². The lowest BCUT2D eigenvalue weighted by atomic mass is 9.93. The van der Waals surface area contributed by atoms with Gasteiger partial charge in [0.05, 0.1) is 16.3 Å². The Morgan fingerprint density at radius 3 is 2.71 bits per heavy atom. The minimum absolute atomic E-state index is 0.0900. The molecule has 2 aromatic rings. The zero-order valence-electron chi connectivity index (χ0n) is 16.1. The molecule has 0 saturated carbocycles. The second kappa shape index (κ2) is 7.16. The van der Waals surface area contributed by atoms with Gasteiger partial charge in [0.1, 0.15) is 17.1 Å². The molecule has 1 aromatic carbocycles. The van der Waals surface area contributed by atoms with Gasteiger partial charge in [0.15, 0.2) is 0 Å². The SMILES string of the molecule is CCC1(CC)NC(=O)N(CC(=O)N2CCCC2c2nc3ccccc3s2)C1=O. The van der Waals surface area contributed by atoms with Crippen LogP contribution in [0.25, 0.3) is 10.2 Å². The molecule has 1 aromatic heterocycles. The van der Waals surface area contributed by atoms with E-state index < -0.39 is 11.6 Å². The fraction of sp³-hybridized carbons (Fsp3) is 0.500. The first kappa shape index (κ1) is 18.9. The molecule has 2 aliphatic rings. The average Bonchev–Trinajstić information content (AvgIpc) is 3.40. The molecule has 0 bridgehead atoms. The van der Waals surface area contributed by atoms with Gasteiger partial charge in [0, 0.05) is 6.54 Å². The lowest BCUT2D eigenvalue weighted by molar-refractivity contribution is -0.139. The molecule has 28 heavy (non-hydrogen) atoms. The maximum atomic E-state index is 13.0. The van der Waals surface area contributed by atoms with E-state index in [1.54, 1.807) is 16.2 Å². The van der Waals surface area contributed by atoms with Crippen LogP contribution >= 0.6 is 11.3 Å². The molecule has 2 fully saturated rings. The molecule has 7 nitrogen and oxygen atoms in total. The van der Waals surface area contributed by atoms with Gasteiger partial charge in [-0.05, 0) is 37.8 Å². The van der Waals surface area contributed by atoms with E-state index >= 15 is 0 Å². The van der Waals surface area contributed by atoms with Crippen LogP contribution in [-0.2, 0) is 9.59 Å². The fourth-order valence-electron chi connectivity index (χ4n) is 4.13. The third kappa shape index (κ3) is 2.96. The average molecular weight is 401 g/mol. The molecule has 4 rings (SSSR count). The van der Waals surface area contributed by atoms with Crippen molar-refractivity contribution in [2.24, 2.45) is 0 Å². The Morgan fingerprint density at radius 2 is 2.04 bits per heavy atom. The van der Waals surface area contributed by atoms with Gasteiger partial charge in [-0.15, -0.1) is 11.3 Å². The number of hydrogen-bond acceptors (Lipinski definition) is 5. The predicted octanol–water partition coefficient (Wildman–Crippen LogP) is 3.07. The van der Waals surface area contributed by atoms with Crippen LogP contribution in [0, 0.1) is 0 Å². The highest BCUT2D eigenvalue weighted by molar-refractivity contribution is 7.18. The number of rotatable bonds is 5. The number of urea groups is 1. The van der Waals surface area contributed by atoms with Crippen LogP contribution in [-0.4, -0.2) is 51.3 Å². The normalized spacial score (nSPS) is 21.6. The van der Waals surface area contributed by atoms with Crippen molar-refractivity contribution in [1.29, 1.82) is 0 Å². The van der Waals surface area contributed by atoms with Crippen molar-refractivity contribution in [3.63, 3.8) is 0 Å². The molecule has 0 radical (unpaired) electrons. The Hall–Kier alpha value is -2.48. The molecular weight excluding hydrogens is 376 g/mol. The highest BCUT2D eigenvalue weighted by Gasteiger charge is 2.49. The van der Waals surface area contributed by atoms with Crippen molar-refractivity contribution in [2.75, 3.05) is 13.1 Å². The highest BCUT2D eigenvalue weighted by Crippen LogP contribution is 2.36. The van der Waals surface area contributed by atoms with Gasteiger partial charge in [-0.3, -0.25) is 14.5 Å². The van der Waals surface area contributed by atoms with Crippen molar-refractivity contribution in [2.45, 2.75) is 51.1 Å². The number of para-hydroxylation sites is 1. The molecule has 4 amide bonds. The standard InChI is InChI=1S/C20H24N4O3S/c1-3-20(4-2)18(26)24(19(27)22-20)12-16(25)23-11-7-9-14(23)17-21-13-8-5-6-10-15(13)28-17/h5-6,8,10,14H,3-4,7,9,11-12H2,1-2H3,(H,22,27). The molecular formula is C20H24N4O3S. The van der Waals surface area contributed by atoms with Crippen LogP contribution in [0.15, 0.2) is 24.3 Å². The number of aromatic nitrogens is 1. The van der Waals surface area contributed by atoms with E-state index in [-0.39, 0.29) is 24.4 Å². The first-order chi connectivity index (χ1) is 13.5. The number of imide groups is 1. The molecule has 2 aliphatic heterocycles. The third-order valence-electron chi connectivity index (χ3n) is 5.92. The van der Waals surface area contributed by atoms with Gasteiger partial charge in [-0.2, -0.15) is 0 Å². The topological polar surface area (TPSA) is 82.6 Å². The Morgan fingerprint density at radius 1 is 1.29 bits per heavy atom. The predicted molar refractivity (Wildman–Crippen MR) is 107 cm³/mol. The van der Waals surface area contributed by atoms with E-state index in [0.29, 0.717) is 19.4 Å².